The van der Waals surface area contributed by atoms with Crippen molar-refractivity contribution in [3.05, 3.63) is 22.5 Å². The molecule has 0 radical (unpaired) electrons. The molecule has 1 fully saturated rings. The van der Waals surface area contributed by atoms with Crippen LogP contribution in [0.3, 0.4) is 0 Å². The predicted molar refractivity (Wildman–Crippen MR) is 73.7 cm³/mol. The summed E-state index contributed by atoms with van der Waals surface area (Å²) in [6.07, 6.45) is 2.63. The highest BCUT2D eigenvalue weighted by Crippen LogP contribution is 2.29. The minimum absolute atomic E-state index is 0.733. The Kier molecular flexibility index (Phi) is 2.95. The lowest BCUT2D eigenvalue weighted by molar-refractivity contribution is 0.678. The third-order valence-corrected chi connectivity index (χ3v) is 4.33. The molecule has 0 amide bonds. The number of rotatable bonds is 4. The predicted octanol–water partition coefficient (Wildman–Crippen LogP) is 2.41. The van der Waals surface area contributed by atoms with Gasteiger partial charge in [0.1, 0.15) is 5.01 Å². The SMILES string of the molecule is Cc1nn(C)c(C)c1-c1nc(CNC2CC2)cs1. The molecule has 0 spiro atoms. The number of nitrogens with zero attached hydrogens (tertiary/aromatic N) is 3. The molecule has 0 aromatic carbocycles. The Morgan fingerprint density at radius 1 is 1.44 bits per heavy atom. The van der Waals surface area contributed by atoms with E-state index >= 15 is 0 Å². The van der Waals surface area contributed by atoms with Crippen LogP contribution in [0.1, 0.15) is 29.9 Å². The fourth-order valence-corrected chi connectivity index (χ4v) is 3.09. The van der Waals surface area contributed by atoms with Crippen molar-refractivity contribution < 1.29 is 0 Å². The van der Waals surface area contributed by atoms with E-state index in [0.717, 1.165) is 29.0 Å². The van der Waals surface area contributed by atoms with Crippen molar-refractivity contribution in [1.82, 2.24) is 20.1 Å². The minimum Gasteiger partial charge on any atom is -0.308 e. The van der Waals surface area contributed by atoms with Gasteiger partial charge in [0.15, 0.2) is 0 Å². The van der Waals surface area contributed by atoms with Crippen molar-refractivity contribution >= 4 is 11.3 Å². The van der Waals surface area contributed by atoms with E-state index in [9.17, 15) is 0 Å². The van der Waals surface area contributed by atoms with Crippen LogP contribution in [-0.2, 0) is 13.6 Å². The fraction of sp³-hybridized carbons (Fsp3) is 0.538. The van der Waals surface area contributed by atoms with Gasteiger partial charge >= 0.3 is 0 Å². The molecule has 0 unspecified atom stereocenters. The van der Waals surface area contributed by atoms with E-state index in [0.29, 0.717) is 0 Å². The molecule has 2 aromatic heterocycles. The van der Waals surface area contributed by atoms with Crippen LogP contribution < -0.4 is 5.32 Å². The molecule has 1 aliphatic carbocycles. The molecule has 0 aliphatic heterocycles. The van der Waals surface area contributed by atoms with Crippen LogP contribution in [0, 0.1) is 13.8 Å². The Morgan fingerprint density at radius 2 is 2.22 bits per heavy atom. The average Bonchev–Trinajstić information content (AvgIpc) is 2.99. The normalized spacial score (nSPS) is 15.3. The molecule has 1 aliphatic rings. The Labute approximate surface area is 111 Å². The molecule has 3 rings (SSSR count). The minimum atomic E-state index is 0.733. The van der Waals surface area contributed by atoms with Crippen LogP contribution in [0.25, 0.3) is 10.6 Å². The van der Waals surface area contributed by atoms with Crippen molar-refractivity contribution in [3.8, 4) is 10.6 Å². The Morgan fingerprint density at radius 3 is 2.83 bits per heavy atom. The standard InChI is InChI=1S/C13H18N4S/c1-8-12(9(2)17(3)16-8)13-15-11(7-18-13)6-14-10-4-5-10/h7,10,14H,4-6H2,1-3H3. The van der Waals surface area contributed by atoms with Gasteiger partial charge in [-0.1, -0.05) is 0 Å². The number of thiazole rings is 1. The van der Waals surface area contributed by atoms with Gasteiger partial charge in [0.25, 0.3) is 0 Å². The smallest absolute Gasteiger partial charge is 0.127 e. The van der Waals surface area contributed by atoms with Gasteiger partial charge in [-0.25, -0.2) is 4.98 Å². The van der Waals surface area contributed by atoms with Crippen molar-refractivity contribution in [2.75, 3.05) is 0 Å². The molecule has 1 saturated carbocycles. The summed E-state index contributed by atoms with van der Waals surface area (Å²) in [7, 11) is 1.98. The zero-order valence-electron chi connectivity index (χ0n) is 11.0. The Balaban J connectivity index is 1.82. The number of hydrogen-bond donors (Lipinski definition) is 1. The Bertz CT molecular complexity index is 566. The molecule has 0 atom stereocenters. The summed E-state index contributed by atoms with van der Waals surface area (Å²) in [5, 5.41) is 11.2. The molecule has 0 saturated heterocycles. The first-order valence-corrected chi connectivity index (χ1v) is 7.21. The second-order valence-corrected chi connectivity index (χ2v) is 5.83. The van der Waals surface area contributed by atoms with E-state index in [1.54, 1.807) is 11.3 Å². The van der Waals surface area contributed by atoms with Gasteiger partial charge in [0.2, 0.25) is 0 Å². The van der Waals surface area contributed by atoms with E-state index in [-0.39, 0.29) is 0 Å². The largest absolute Gasteiger partial charge is 0.308 e. The van der Waals surface area contributed by atoms with Crippen LogP contribution in [0.5, 0.6) is 0 Å². The molecular formula is C13H18N4S. The first kappa shape index (κ1) is 11.9. The van der Waals surface area contributed by atoms with Crippen LogP contribution in [0.15, 0.2) is 5.38 Å². The lowest BCUT2D eigenvalue weighted by Crippen LogP contribution is -2.15. The third-order valence-electron chi connectivity index (χ3n) is 3.42. The van der Waals surface area contributed by atoms with Crippen molar-refractivity contribution in [2.24, 2.45) is 7.05 Å². The summed E-state index contributed by atoms with van der Waals surface area (Å²) in [4.78, 5) is 4.72. The molecule has 2 aromatic rings. The number of aryl methyl sites for hydroxylation is 2. The number of aromatic nitrogens is 3. The van der Waals surface area contributed by atoms with E-state index in [4.69, 9.17) is 4.98 Å². The zero-order chi connectivity index (χ0) is 12.7. The lowest BCUT2D eigenvalue weighted by atomic mass is 10.2. The summed E-state index contributed by atoms with van der Waals surface area (Å²) in [5.41, 5.74) is 4.58. The maximum Gasteiger partial charge on any atom is 0.127 e. The summed E-state index contributed by atoms with van der Waals surface area (Å²) in [6.45, 7) is 5.03. The average molecular weight is 262 g/mol. The third kappa shape index (κ3) is 2.20. The van der Waals surface area contributed by atoms with E-state index in [1.807, 2.05) is 18.7 Å². The van der Waals surface area contributed by atoms with Gasteiger partial charge in [-0.05, 0) is 26.7 Å². The molecular weight excluding hydrogens is 244 g/mol. The maximum absolute atomic E-state index is 4.72. The molecule has 18 heavy (non-hydrogen) atoms. The van der Waals surface area contributed by atoms with Gasteiger partial charge in [0.05, 0.1) is 17.0 Å². The second-order valence-electron chi connectivity index (χ2n) is 4.97. The van der Waals surface area contributed by atoms with Gasteiger partial charge in [-0.15, -0.1) is 11.3 Å². The molecule has 4 nitrogen and oxygen atoms in total. The monoisotopic (exact) mass is 262 g/mol. The van der Waals surface area contributed by atoms with Crippen LogP contribution in [0.2, 0.25) is 0 Å². The molecule has 2 heterocycles. The van der Waals surface area contributed by atoms with Gasteiger partial charge in [-0.3, -0.25) is 4.68 Å². The highest BCUT2D eigenvalue weighted by atomic mass is 32.1. The maximum atomic E-state index is 4.72. The number of hydrogen-bond acceptors (Lipinski definition) is 4. The van der Waals surface area contributed by atoms with Gasteiger partial charge in [0, 0.05) is 30.7 Å². The van der Waals surface area contributed by atoms with Crippen LogP contribution >= 0.6 is 11.3 Å². The summed E-state index contributed by atoms with van der Waals surface area (Å²) < 4.78 is 1.92. The number of nitrogens with one attached hydrogen (secondary N) is 1. The molecule has 0 bridgehead atoms. The van der Waals surface area contributed by atoms with Crippen LogP contribution in [-0.4, -0.2) is 20.8 Å². The summed E-state index contributed by atoms with van der Waals surface area (Å²) in [6, 6.07) is 0.733. The summed E-state index contributed by atoms with van der Waals surface area (Å²) >= 11 is 1.71. The van der Waals surface area contributed by atoms with Crippen molar-refractivity contribution in [2.45, 2.75) is 39.3 Å². The molecule has 96 valence electrons. The molecule has 5 heteroatoms. The van der Waals surface area contributed by atoms with Crippen molar-refractivity contribution in [3.63, 3.8) is 0 Å². The zero-order valence-corrected chi connectivity index (χ0v) is 11.8. The first-order valence-electron chi connectivity index (χ1n) is 6.33. The van der Waals surface area contributed by atoms with Crippen molar-refractivity contribution in [1.29, 1.82) is 0 Å². The second kappa shape index (κ2) is 4.48. The fourth-order valence-electron chi connectivity index (χ4n) is 2.12. The topological polar surface area (TPSA) is 42.7 Å². The quantitative estimate of drug-likeness (QED) is 0.920. The van der Waals surface area contributed by atoms with E-state index in [2.05, 4.69) is 22.7 Å². The van der Waals surface area contributed by atoms with E-state index < -0.39 is 0 Å². The first-order chi connectivity index (χ1) is 8.65. The lowest BCUT2D eigenvalue weighted by Gasteiger charge is -1.98. The highest BCUT2D eigenvalue weighted by molar-refractivity contribution is 7.13. The highest BCUT2D eigenvalue weighted by Gasteiger charge is 2.21. The van der Waals surface area contributed by atoms with E-state index in [1.165, 1.54) is 24.1 Å². The van der Waals surface area contributed by atoms with Crippen LogP contribution in [0.4, 0.5) is 0 Å². The van der Waals surface area contributed by atoms with Gasteiger partial charge < -0.3 is 5.32 Å². The van der Waals surface area contributed by atoms with Gasteiger partial charge in [-0.2, -0.15) is 5.10 Å². The molecule has 1 N–H and O–H groups in total. The summed E-state index contributed by atoms with van der Waals surface area (Å²) in [5.74, 6) is 0. The Hall–Kier alpha value is -1.20.